The van der Waals surface area contributed by atoms with Crippen molar-refractivity contribution >= 4 is 21.7 Å². The normalized spacial score (nSPS) is 11.3. The van der Waals surface area contributed by atoms with Gasteiger partial charge in [-0.25, -0.2) is 8.42 Å². The largest absolute Gasteiger partial charge is 0.481 e. The third kappa shape index (κ3) is 5.73. The third-order valence-electron chi connectivity index (χ3n) is 2.88. The van der Waals surface area contributed by atoms with Gasteiger partial charge in [-0.05, 0) is 26.0 Å². The first-order valence-corrected chi connectivity index (χ1v) is 8.34. The summed E-state index contributed by atoms with van der Waals surface area (Å²) in [7, 11) is -3.61. The SMILES string of the molecule is CCOCCS(=O)(=O)N(CCC(=O)O)c1ccc(C)cc1. The van der Waals surface area contributed by atoms with Crippen LogP contribution in [0.4, 0.5) is 5.69 Å². The van der Waals surface area contributed by atoms with Crippen LogP contribution in [0.3, 0.4) is 0 Å². The number of carboxylic acids is 1. The molecule has 0 unspecified atom stereocenters. The number of rotatable bonds is 9. The molecule has 0 bridgehead atoms. The van der Waals surface area contributed by atoms with Gasteiger partial charge in [0.05, 0.1) is 24.5 Å². The van der Waals surface area contributed by atoms with Gasteiger partial charge < -0.3 is 9.84 Å². The van der Waals surface area contributed by atoms with Crippen molar-refractivity contribution in [3.8, 4) is 0 Å². The Morgan fingerprint density at radius 1 is 1.29 bits per heavy atom. The molecule has 6 nitrogen and oxygen atoms in total. The molecule has 0 saturated carbocycles. The van der Waals surface area contributed by atoms with Crippen LogP contribution in [0.1, 0.15) is 18.9 Å². The number of hydrogen-bond donors (Lipinski definition) is 1. The highest BCUT2D eigenvalue weighted by molar-refractivity contribution is 7.92. The lowest BCUT2D eigenvalue weighted by molar-refractivity contribution is -0.136. The summed E-state index contributed by atoms with van der Waals surface area (Å²) in [4.78, 5) is 10.7. The second-order valence-electron chi connectivity index (χ2n) is 4.56. The number of aryl methyl sites for hydroxylation is 1. The van der Waals surface area contributed by atoms with Crippen LogP contribution in [0.5, 0.6) is 0 Å². The van der Waals surface area contributed by atoms with Gasteiger partial charge in [0.1, 0.15) is 0 Å². The van der Waals surface area contributed by atoms with Crippen molar-refractivity contribution in [3.05, 3.63) is 29.8 Å². The molecule has 118 valence electrons. The summed E-state index contributed by atoms with van der Waals surface area (Å²) in [6, 6.07) is 6.94. The summed E-state index contributed by atoms with van der Waals surface area (Å²) in [6.07, 6.45) is -0.248. The van der Waals surface area contributed by atoms with Crippen LogP contribution in [0.25, 0.3) is 0 Å². The summed E-state index contributed by atoms with van der Waals surface area (Å²) in [6.45, 7) is 4.13. The molecule has 0 saturated heterocycles. The number of aliphatic carboxylic acids is 1. The molecule has 0 amide bonds. The van der Waals surface area contributed by atoms with Crippen molar-refractivity contribution in [1.82, 2.24) is 0 Å². The van der Waals surface area contributed by atoms with Gasteiger partial charge in [0.25, 0.3) is 0 Å². The predicted octanol–water partition coefficient (Wildman–Crippen LogP) is 1.64. The van der Waals surface area contributed by atoms with Gasteiger partial charge in [-0.2, -0.15) is 0 Å². The van der Waals surface area contributed by atoms with E-state index in [0.29, 0.717) is 12.3 Å². The molecule has 21 heavy (non-hydrogen) atoms. The van der Waals surface area contributed by atoms with Crippen LogP contribution in [0.2, 0.25) is 0 Å². The van der Waals surface area contributed by atoms with Crippen molar-refractivity contribution in [2.45, 2.75) is 20.3 Å². The van der Waals surface area contributed by atoms with E-state index in [1.165, 1.54) is 0 Å². The first kappa shape index (κ1) is 17.5. The van der Waals surface area contributed by atoms with E-state index in [0.717, 1.165) is 9.87 Å². The molecule has 0 radical (unpaired) electrons. The van der Waals surface area contributed by atoms with Gasteiger partial charge in [0, 0.05) is 13.2 Å². The lowest BCUT2D eigenvalue weighted by Gasteiger charge is -2.24. The van der Waals surface area contributed by atoms with Crippen molar-refractivity contribution in [3.63, 3.8) is 0 Å². The molecule has 1 N–H and O–H groups in total. The van der Waals surface area contributed by atoms with Crippen molar-refractivity contribution in [2.75, 3.05) is 29.8 Å². The quantitative estimate of drug-likeness (QED) is 0.700. The predicted molar refractivity (Wildman–Crippen MR) is 81.1 cm³/mol. The van der Waals surface area contributed by atoms with Gasteiger partial charge in [0.15, 0.2) is 0 Å². The Balaban J connectivity index is 2.95. The zero-order chi connectivity index (χ0) is 15.9. The summed E-state index contributed by atoms with van der Waals surface area (Å²) < 4.78 is 30.9. The molecule has 0 aliphatic carbocycles. The fourth-order valence-corrected chi connectivity index (χ4v) is 3.12. The highest BCUT2D eigenvalue weighted by Crippen LogP contribution is 2.19. The number of carbonyl (C=O) groups is 1. The van der Waals surface area contributed by atoms with E-state index in [1.807, 2.05) is 6.92 Å². The molecule has 1 aromatic rings. The van der Waals surface area contributed by atoms with Crippen LogP contribution in [-0.2, 0) is 19.6 Å². The monoisotopic (exact) mass is 315 g/mol. The second-order valence-corrected chi connectivity index (χ2v) is 6.58. The maximum atomic E-state index is 12.4. The van der Waals surface area contributed by atoms with Gasteiger partial charge in [-0.15, -0.1) is 0 Å². The molecule has 0 fully saturated rings. The maximum Gasteiger partial charge on any atom is 0.305 e. The zero-order valence-electron chi connectivity index (χ0n) is 12.3. The molecule has 0 aliphatic heterocycles. The Morgan fingerprint density at radius 2 is 1.90 bits per heavy atom. The average Bonchev–Trinajstić information content (AvgIpc) is 2.40. The highest BCUT2D eigenvalue weighted by Gasteiger charge is 2.23. The minimum atomic E-state index is -3.61. The summed E-state index contributed by atoms with van der Waals surface area (Å²) in [5.74, 6) is -1.21. The van der Waals surface area contributed by atoms with E-state index >= 15 is 0 Å². The van der Waals surface area contributed by atoms with E-state index < -0.39 is 16.0 Å². The number of benzene rings is 1. The lowest BCUT2D eigenvalue weighted by Crippen LogP contribution is -2.36. The molecule has 0 spiro atoms. The summed E-state index contributed by atoms with van der Waals surface area (Å²) >= 11 is 0. The molecular weight excluding hydrogens is 294 g/mol. The average molecular weight is 315 g/mol. The van der Waals surface area contributed by atoms with Crippen molar-refractivity contribution in [2.24, 2.45) is 0 Å². The molecular formula is C14H21NO5S. The molecule has 1 aromatic carbocycles. The second kappa shape index (κ2) is 7.99. The molecule has 7 heteroatoms. The molecule has 1 rings (SSSR count). The molecule has 0 atom stereocenters. The number of hydrogen-bond acceptors (Lipinski definition) is 4. The van der Waals surface area contributed by atoms with Crippen LogP contribution in [-0.4, -0.2) is 45.0 Å². The van der Waals surface area contributed by atoms with Gasteiger partial charge in [-0.3, -0.25) is 9.10 Å². The molecule has 0 aliphatic rings. The Morgan fingerprint density at radius 3 is 2.43 bits per heavy atom. The van der Waals surface area contributed by atoms with Crippen molar-refractivity contribution < 1.29 is 23.1 Å². The van der Waals surface area contributed by atoms with Gasteiger partial charge in [-0.1, -0.05) is 17.7 Å². The Labute approximate surface area is 125 Å². The minimum absolute atomic E-state index is 0.0904. The van der Waals surface area contributed by atoms with E-state index in [9.17, 15) is 13.2 Å². The first-order valence-electron chi connectivity index (χ1n) is 6.73. The number of carboxylic acid groups (broad SMARTS) is 1. The number of anilines is 1. The lowest BCUT2D eigenvalue weighted by atomic mass is 10.2. The number of sulfonamides is 1. The smallest absolute Gasteiger partial charge is 0.305 e. The van der Waals surface area contributed by atoms with Crippen LogP contribution in [0, 0.1) is 6.92 Å². The van der Waals surface area contributed by atoms with E-state index in [1.54, 1.807) is 31.2 Å². The first-order chi connectivity index (χ1) is 9.86. The highest BCUT2D eigenvalue weighted by atomic mass is 32.2. The Kier molecular flexibility index (Phi) is 6.64. The summed E-state index contributed by atoms with van der Waals surface area (Å²) in [5.41, 5.74) is 1.47. The van der Waals surface area contributed by atoms with Crippen LogP contribution >= 0.6 is 0 Å². The standard InChI is InChI=1S/C14H21NO5S/c1-3-20-10-11-21(18,19)15(9-8-14(16)17)13-6-4-12(2)5-7-13/h4-7H,3,8-11H2,1-2H3,(H,16,17). The Bertz CT molecular complexity index is 553. The van der Waals surface area contributed by atoms with E-state index in [2.05, 4.69) is 0 Å². The Hall–Kier alpha value is -1.60. The topological polar surface area (TPSA) is 83.9 Å². The molecule has 0 aromatic heterocycles. The van der Waals surface area contributed by atoms with Gasteiger partial charge in [0.2, 0.25) is 10.0 Å². The van der Waals surface area contributed by atoms with Crippen molar-refractivity contribution in [1.29, 1.82) is 0 Å². The number of ether oxygens (including phenoxy) is 1. The van der Waals surface area contributed by atoms with Gasteiger partial charge >= 0.3 is 5.97 Å². The number of nitrogens with zero attached hydrogens (tertiary/aromatic N) is 1. The van der Waals surface area contributed by atoms with Crippen LogP contribution < -0.4 is 4.31 Å². The summed E-state index contributed by atoms with van der Waals surface area (Å²) in [5, 5.41) is 8.79. The fourth-order valence-electron chi connectivity index (χ4n) is 1.76. The fraction of sp³-hybridized carbons (Fsp3) is 0.500. The molecule has 0 heterocycles. The van der Waals surface area contributed by atoms with Crippen LogP contribution in [0.15, 0.2) is 24.3 Å². The van der Waals surface area contributed by atoms with E-state index in [4.69, 9.17) is 9.84 Å². The van der Waals surface area contributed by atoms with E-state index in [-0.39, 0.29) is 25.3 Å². The zero-order valence-corrected chi connectivity index (χ0v) is 13.1. The minimum Gasteiger partial charge on any atom is -0.481 e. The third-order valence-corrected chi connectivity index (χ3v) is 4.62. The maximum absolute atomic E-state index is 12.4.